The van der Waals surface area contributed by atoms with E-state index in [4.69, 9.17) is 0 Å². The third-order valence-electron chi connectivity index (χ3n) is 4.50. The number of nitrogens with zero attached hydrogens (tertiary/aromatic N) is 3. The van der Waals surface area contributed by atoms with Crippen molar-refractivity contribution in [1.29, 1.82) is 0 Å². The van der Waals surface area contributed by atoms with E-state index in [1.165, 1.54) is 5.56 Å². The van der Waals surface area contributed by atoms with Gasteiger partial charge in [0, 0.05) is 24.5 Å². The number of hydrogen-bond donors (Lipinski definition) is 0. The van der Waals surface area contributed by atoms with Crippen molar-refractivity contribution < 1.29 is 13.2 Å². The van der Waals surface area contributed by atoms with Gasteiger partial charge in [0.1, 0.15) is 5.84 Å². The normalized spacial score (nSPS) is 24.1. The smallest absolute Gasteiger partial charge is 0.260 e. The highest BCUT2D eigenvalue weighted by Crippen LogP contribution is 2.33. The van der Waals surface area contributed by atoms with Gasteiger partial charge in [-0.25, -0.2) is 8.42 Å². The first-order valence-electron chi connectivity index (χ1n) is 7.85. The van der Waals surface area contributed by atoms with Gasteiger partial charge in [0.2, 0.25) is 0 Å². The van der Waals surface area contributed by atoms with Gasteiger partial charge in [-0.15, -0.1) is 4.40 Å². The van der Waals surface area contributed by atoms with Gasteiger partial charge < -0.3 is 9.80 Å². The summed E-state index contributed by atoms with van der Waals surface area (Å²) >= 11 is 0. The van der Waals surface area contributed by atoms with Crippen LogP contribution in [0.25, 0.3) is 0 Å². The van der Waals surface area contributed by atoms with Crippen molar-refractivity contribution in [2.45, 2.75) is 19.4 Å². The summed E-state index contributed by atoms with van der Waals surface area (Å²) in [5.41, 5.74) is 2.66. The lowest BCUT2D eigenvalue weighted by Gasteiger charge is -2.29. The van der Waals surface area contributed by atoms with Crippen molar-refractivity contribution in [2.75, 3.05) is 17.2 Å². The van der Waals surface area contributed by atoms with Crippen LogP contribution < -0.4 is 4.90 Å². The number of rotatable bonds is 1. The van der Waals surface area contributed by atoms with Crippen molar-refractivity contribution in [3.8, 4) is 0 Å². The maximum Gasteiger partial charge on any atom is 0.260 e. The zero-order valence-corrected chi connectivity index (χ0v) is 14.0. The minimum atomic E-state index is -3.38. The summed E-state index contributed by atoms with van der Waals surface area (Å²) < 4.78 is 26.9. The van der Waals surface area contributed by atoms with Crippen LogP contribution in [0.5, 0.6) is 0 Å². The highest BCUT2D eigenvalue weighted by atomic mass is 32.2. The molecule has 1 atom stereocenters. The molecule has 24 heavy (non-hydrogen) atoms. The van der Waals surface area contributed by atoms with Gasteiger partial charge in [0.25, 0.3) is 15.9 Å². The van der Waals surface area contributed by atoms with Crippen molar-refractivity contribution in [3.05, 3.63) is 53.8 Å². The number of carbonyl (C=O) groups excluding carboxylic acids is 1. The molecule has 0 saturated carbocycles. The van der Waals surface area contributed by atoms with E-state index in [0.29, 0.717) is 18.0 Å². The molecule has 3 aliphatic heterocycles. The molecule has 6 nitrogen and oxygen atoms in total. The van der Waals surface area contributed by atoms with Gasteiger partial charge in [-0.1, -0.05) is 18.2 Å². The molecule has 1 aromatic rings. The number of amidine groups is 1. The quantitative estimate of drug-likeness (QED) is 0.774. The van der Waals surface area contributed by atoms with Crippen LogP contribution in [0, 0.1) is 0 Å². The lowest BCUT2D eigenvalue weighted by molar-refractivity contribution is -0.115. The van der Waals surface area contributed by atoms with Crippen molar-refractivity contribution >= 4 is 27.5 Å². The summed E-state index contributed by atoms with van der Waals surface area (Å²) in [6.07, 6.45) is 5.78. The molecule has 0 N–H and O–H groups in total. The fraction of sp³-hybridized carbons (Fsp3) is 0.294. The van der Waals surface area contributed by atoms with E-state index in [9.17, 15) is 13.2 Å². The molecule has 1 amide bonds. The summed E-state index contributed by atoms with van der Waals surface area (Å²) in [5, 5.41) is 0. The molecule has 7 heteroatoms. The molecule has 124 valence electrons. The van der Waals surface area contributed by atoms with E-state index in [-0.39, 0.29) is 17.7 Å². The molecule has 0 bridgehead atoms. The number of amides is 1. The Bertz CT molecular complexity index is 915. The second-order valence-electron chi connectivity index (χ2n) is 6.20. The minimum absolute atomic E-state index is 0.0364. The van der Waals surface area contributed by atoms with Crippen LogP contribution >= 0.6 is 0 Å². The molecule has 0 spiro atoms. The third kappa shape index (κ3) is 2.45. The third-order valence-corrected chi connectivity index (χ3v) is 5.66. The molecule has 0 saturated heterocycles. The molecule has 3 heterocycles. The molecule has 0 fully saturated rings. The zero-order valence-electron chi connectivity index (χ0n) is 13.2. The Hall–Kier alpha value is -2.41. The number of benzene rings is 1. The first kappa shape index (κ1) is 15.1. The molecule has 3 aliphatic rings. The molecule has 4 rings (SSSR count). The van der Waals surface area contributed by atoms with E-state index in [2.05, 4.69) is 4.40 Å². The Labute approximate surface area is 140 Å². The van der Waals surface area contributed by atoms with Crippen LogP contribution in [-0.2, 0) is 21.2 Å². The Morgan fingerprint density at radius 1 is 1.25 bits per heavy atom. The van der Waals surface area contributed by atoms with E-state index in [0.717, 1.165) is 12.1 Å². The topological polar surface area (TPSA) is 70.1 Å². The predicted octanol–water partition coefficient (Wildman–Crippen LogP) is 1.46. The summed E-state index contributed by atoms with van der Waals surface area (Å²) in [6.45, 7) is 2.35. The molecule has 1 unspecified atom stereocenters. The van der Waals surface area contributed by atoms with Gasteiger partial charge >= 0.3 is 0 Å². The lowest BCUT2D eigenvalue weighted by Crippen LogP contribution is -2.40. The second kappa shape index (κ2) is 5.31. The highest BCUT2D eigenvalue weighted by molar-refractivity contribution is 7.90. The molecular weight excluding hydrogens is 326 g/mol. The summed E-state index contributed by atoms with van der Waals surface area (Å²) in [5.74, 6) is 0.259. The molecule has 0 radical (unpaired) electrons. The number of hydrogen-bond acceptors (Lipinski definition) is 4. The van der Waals surface area contributed by atoms with Crippen molar-refractivity contribution in [1.82, 2.24) is 4.90 Å². The first-order valence-corrected chi connectivity index (χ1v) is 9.46. The maximum atomic E-state index is 13.0. The van der Waals surface area contributed by atoms with Gasteiger partial charge in [-0.2, -0.15) is 0 Å². The highest BCUT2D eigenvalue weighted by Gasteiger charge is 2.33. The van der Waals surface area contributed by atoms with Crippen molar-refractivity contribution in [3.63, 3.8) is 0 Å². The van der Waals surface area contributed by atoms with E-state index < -0.39 is 10.0 Å². The Balaban J connectivity index is 1.65. The second-order valence-corrected chi connectivity index (χ2v) is 7.96. The van der Waals surface area contributed by atoms with E-state index in [1.54, 1.807) is 23.3 Å². The van der Waals surface area contributed by atoms with Crippen molar-refractivity contribution in [2.24, 2.45) is 4.40 Å². The van der Waals surface area contributed by atoms with Crippen LogP contribution in [0.3, 0.4) is 0 Å². The summed E-state index contributed by atoms with van der Waals surface area (Å²) in [6, 6.07) is 8.02. The Kier molecular flexibility index (Phi) is 3.35. The van der Waals surface area contributed by atoms with Gasteiger partial charge in [-0.3, -0.25) is 4.79 Å². The van der Waals surface area contributed by atoms with Crippen LogP contribution in [0.15, 0.2) is 52.6 Å². The molecule has 0 aliphatic carbocycles. The standard InChI is InChI=1S/C17H17N3O3S/c1-12-10-13-4-2-3-5-15(13)20(12)17(21)14-6-7-16-18-24(22,23)9-8-19(16)11-14/h2-7,11-12H,8-10H2,1H3. The Morgan fingerprint density at radius 3 is 2.88 bits per heavy atom. The minimum Gasteiger partial charge on any atom is -0.330 e. The predicted molar refractivity (Wildman–Crippen MR) is 92.2 cm³/mol. The van der Waals surface area contributed by atoms with Gasteiger partial charge in [-0.05, 0) is 37.1 Å². The molecule has 0 aromatic heterocycles. The number of sulfonamides is 1. The fourth-order valence-electron chi connectivity index (χ4n) is 3.34. The average Bonchev–Trinajstić information content (AvgIpc) is 2.88. The SMILES string of the molecule is CC1Cc2ccccc2N1C(=O)C1=CN2CCS(=O)(=O)N=C2C=C1. The molecule has 1 aromatic carbocycles. The number of para-hydroxylation sites is 1. The molecular formula is C17H17N3O3S. The monoisotopic (exact) mass is 343 g/mol. The maximum absolute atomic E-state index is 13.0. The van der Waals surface area contributed by atoms with E-state index >= 15 is 0 Å². The van der Waals surface area contributed by atoms with Crippen LogP contribution in [-0.4, -0.2) is 43.4 Å². The van der Waals surface area contributed by atoms with Crippen LogP contribution in [0.2, 0.25) is 0 Å². The largest absolute Gasteiger partial charge is 0.330 e. The number of anilines is 1. The van der Waals surface area contributed by atoms with Crippen LogP contribution in [0.4, 0.5) is 5.69 Å². The van der Waals surface area contributed by atoms with Gasteiger partial charge in [0.15, 0.2) is 0 Å². The fourth-order valence-corrected chi connectivity index (χ4v) is 4.31. The van der Waals surface area contributed by atoms with Gasteiger partial charge in [0.05, 0.1) is 11.3 Å². The zero-order chi connectivity index (χ0) is 16.9. The lowest BCUT2D eigenvalue weighted by atomic mass is 10.1. The summed E-state index contributed by atoms with van der Waals surface area (Å²) in [4.78, 5) is 16.5. The summed E-state index contributed by atoms with van der Waals surface area (Å²) in [7, 11) is -3.38. The Morgan fingerprint density at radius 2 is 2.04 bits per heavy atom. The average molecular weight is 343 g/mol. The van der Waals surface area contributed by atoms with E-state index in [1.807, 2.05) is 36.1 Å². The first-order chi connectivity index (χ1) is 11.4. The number of fused-ring (bicyclic) bond motifs is 2. The van der Waals surface area contributed by atoms with Crippen LogP contribution in [0.1, 0.15) is 12.5 Å². The number of carbonyl (C=O) groups is 1.